The summed E-state index contributed by atoms with van der Waals surface area (Å²) in [5.74, 6) is -1.71. The normalized spacial score (nSPS) is 19.2. The molecule has 10 heteroatoms. The molecule has 2 heterocycles. The number of unbranched alkanes of at least 4 members (excludes halogenated alkanes) is 1. The third-order valence-electron chi connectivity index (χ3n) is 7.20. The molecular formula is C30H37FN2O7. The second kappa shape index (κ2) is 13.6. The van der Waals surface area contributed by atoms with Crippen LogP contribution in [0.4, 0.5) is 4.39 Å². The van der Waals surface area contributed by atoms with Crippen LogP contribution < -0.4 is 14.2 Å². The van der Waals surface area contributed by atoms with E-state index in [-0.39, 0.29) is 23.4 Å². The highest BCUT2D eigenvalue weighted by molar-refractivity contribution is 6.46. The van der Waals surface area contributed by atoms with Crippen LogP contribution in [0.25, 0.3) is 5.76 Å². The van der Waals surface area contributed by atoms with Crippen molar-refractivity contribution < 1.29 is 38.0 Å². The van der Waals surface area contributed by atoms with Gasteiger partial charge in [0, 0.05) is 31.7 Å². The number of rotatable bonds is 12. The molecule has 0 radical (unpaired) electrons. The first-order chi connectivity index (χ1) is 19.4. The van der Waals surface area contributed by atoms with Crippen molar-refractivity contribution in [1.82, 2.24) is 9.80 Å². The fourth-order valence-corrected chi connectivity index (χ4v) is 5.02. The number of hydrogen-bond donors (Lipinski definition) is 1. The van der Waals surface area contributed by atoms with Crippen molar-refractivity contribution in [2.45, 2.75) is 32.2 Å². The number of nitrogens with zero attached hydrogens (tertiary/aromatic N) is 2. The molecule has 216 valence electrons. The Morgan fingerprint density at radius 3 is 2.40 bits per heavy atom. The van der Waals surface area contributed by atoms with Gasteiger partial charge in [0.15, 0.2) is 23.1 Å². The van der Waals surface area contributed by atoms with Crippen LogP contribution in [0.5, 0.6) is 17.2 Å². The lowest BCUT2D eigenvalue weighted by Crippen LogP contribution is -2.39. The molecule has 0 aromatic heterocycles. The SMILES string of the molecule is CCCCOc1ccc([C@H]2C(=C(O)c3ccc(OC)c(F)c3)C(=O)C(=O)N2CCCN2CCOCC2)cc1OC. The lowest BCUT2D eigenvalue weighted by molar-refractivity contribution is -0.140. The molecule has 1 amide bonds. The Morgan fingerprint density at radius 2 is 1.73 bits per heavy atom. The summed E-state index contributed by atoms with van der Waals surface area (Å²) < 4.78 is 36.3. The molecule has 2 aromatic rings. The monoisotopic (exact) mass is 556 g/mol. The molecule has 0 spiro atoms. The number of morpholine rings is 1. The van der Waals surface area contributed by atoms with E-state index in [1.807, 2.05) is 0 Å². The van der Waals surface area contributed by atoms with Crippen molar-refractivity contribution >= 4 is 17.4 Å². The van der Waals surface area contributed by atoms with Gasteiger partial charge in [0.05, 0.1) is 45.7 Å². The number of methoxy groups -OCH3 is 2. The highest BCUT2D eigenvalue weighted by Gasteiger charge is 2.46. The standard InChI is InChI=1S/C30H37FN2O7/c1-4-5-15-40-24-10-7-20(19-25(24)38-3)27-26(28(34)21-8-9-23(37-2)22(31)18-21)29(35)30(36)33(27)12-6-11-32-13-16-39-17-14-32/h7-10,18-19,27,34H,4-6,11-17H2,1-3H3/t27-/m0/s1. The minimum absolute atomic E-state index is 0.0000576. The highest BCUT2D eigenvalue weighted by Crippen LogP contribution is 2.42. The Morgan fingerprint density at radius 1 is 1.00 bits per heavy atom. The highest BCUT2D eigenvalue weighted by atomic mass is 19.1. The topological polar surface area (TPSA) is 97.8 Å². The minimum atomic E-state index is -0.895. The zero-order valence-electron chi connectivity index (χ0n) is 23.3. The van der Waals surface area contributed by atoms with Gasteiger partial charge in [-0.05, 0) is 48.7 Å². The van der Waals surface area contributed by atoms with Gasteiger partial charge in [0.25, 0.3) is 11.7 Å². The average Bonchev–Trinajstić information content (AvgIpc) is 3.22. The van der Waals surface area contributed by atoms with E-state index < -0.39 is 29.3 Å². The number of aliphatic hydroxyl groups is 1. The van der Waals surface area contributed by atoms with E-state index in [0.717, 1.165) is 38.5 Å². The van der Waals surface area contributed by atoms with Crippen LogP contribution in [0.15, 0.2) is 42.0 Å². The van der Waals surface area contributed by atoms with Gasteiger partial charge in [-0.2, -0.15) is 0 Å². The summed E-state index contributed by atoms with van der Waals surface area (Å²) in [4.78, 5) is 30.4. The quantitative estimate of drug-likeness (QED) is 0.180. The predicted octanol–water partition coefficient (Wildman–Crippen LogP) is 4.17. The van der Waals surface area contributed by atoms with E-state index in [0.29, 0.717) is 43.3 Å². The first-order valence-corrected chi connectivity index (χ1v) is 13.6. The zero-order chi connectivity index (χ0) is 28.6. The Kier molecular flexibility index (Phi) is 10.0. The molecule has 0 aliphatic carbocycles. The fourth-order valence-electron chi connectivity index (χ4n) is 5.02. The summed E-state index contributed by atoms with van der Waals surface area (Å²) in [5, 5.41) is 11.3. The molecule has 2 aliphatic rings. The number of amides is 1. The molecule has 0 bridgehead atoms. The maximum atomic E-state index is 14.5. The van der Waals surface area contributed by atoms with Gasteiger partial charge in [0.1, 0.15) is 5.76 Å². The molecule has 1 N–H and O–H groups in total. The summed E-state index contributed by atoms with van der Waals surface area (Å²) in [7, 11) is 2.86. The van der Waals surface area contributed by atoms with Crippen molar-refractivity contribution in [1.29, 1.82) is 0 Å². The minimum Gasteiger partial charge on any atom is -0.507 e. The van der Waals surface area contributed by atoms with Crippen LogP contribution in [0, 0.1) is 5.82 Å². The van der Waals surface area contributed by atoms with Crippen LogP contribution in [0.2, 0.25) is 0 Å². The number of hydrogen-bond acceptors (Lipinski definition) is 8. The largest absolute Gasteiger partial charge is 0.507 e. The third kappa shape index (κ3) is 6.39. The molecule has 1 atom stereocenters. The van der Waals surface area contributed by atoms with Gasteiger partial charge >= 0.3 is 0 Å². The van der Waals surface area contributed by atoms with Crippen molar-refractivity contribution in [2.24, 2.45) is 0 Å². The van der Waals surface area contributed by atoms with Crippen molar-refractivity contribution in [2.75, 3.05) is 60.2 Å². The summed E-state index contributed by atoms with van der Waals surface area (Å²) in [6.07, 6.45) is 2.48. The van der Waals surface area contributed by atoms with Crippen molar-refractivity contribution in [3.8, 4) is 17.2 Å². The number of carbonyl (C=O) groups is 2. The van der Waals surface area contributed by atoms with Crippen LogP contribution >= 0.6 is 0 Å². The van der Waals surface area contributed by atoms with Gasteiger partial charge in [-0.15, -0.1) is 0 Å². The number of likely N-dealkylation sites (tertiary alicyclic amines) is 1. The van der Waals surface area contributed by atoms with Gasteiger partial charge in [0.2, 0.25) is 0 Å². The fraction of sp³-hybridized carbons (Fsp3) is 0.467. The van der Waals surface area contributed by atoms with Gasteiger partial charge in [-0.25, -0.2) is 4.39 Å². The van der Waals surface area contributed by atoms with Crippen LogP contribution in [-0.4, -0.2) is 86.8 Å². The number of Topliss-reactive ketones (excluding diaryl/α,β-unsaturated/α-hetero) is 1. The lowest BCUT2D eigenvalue weighted by atomic mass is 9.94. The Labute approximate surface area is 234 Å². The number of benzene rings is 2. The van der Waals surface area contributed by atoms with Gasteiger partial charge in [-0.1, -0.05) is 19.4 Å². The lowest BCUT2D eigenvalue weighted by Gasteiger charge is -2.29. The molecule has 2 aromatic carbocycles. The maximum Gasteiger partial charge on any atom is 0.295 e. The summed E-state index contributed by atoms with van der Waals surface area (Å²) in [6, 6.07) is 8.22. The van der Waals surface area contributed by atoms with E-state index >= 15 is 0 Å². The van der Waals surface area contributed by atoms with Gasteiger partial charge < -0.3 is 29.0 Å². The maximum absolute atomic E-state index is 14.5. The molecular weight excluding hydrogens is 519 g/mol. The summed E-state index contributed by atoms with van der Waals surface area (Å²) >= 11 is 0. The summed E-state index contributed by atoms with van der Waals surface area (Å²) in [6.45, 7) is 6.55. The zero-order valence-corrected chi connectivity index (χ0v) is 23.3. The van der Waals surface area contributed by atoms with Crippen LogP contribution in [-0.2, 0) is 14.3 Å². The predicted molar refractivity (Wildman–Crippen MR) is 147 cm³/mol. The van der Waals surface area contributed by atoms with E-state index in [4.69, 9.17) is 18.9 Å². The average molecular weight is 557 g/mol. The van der Waals surface area contributed by atoms with E-state index in [2.05, 4.69) is 11.8 Å². The van der Waals surface area contributed by atoms with Gasteiger partial charge in [-0.3, -0.25) is 14.5 Å². The summed E-state index contributed by atoms with van der Waals surface area (Å²) in [5.41, 5.74) is 0.532. The smallest absolute Gasteiger partial charge is 0.295 e. The molecule has 2 aliphatic heterocycles. The molecule has 0 unspecified atom stereocenters. The Bertz CT molecular complexity index is 1240. The van der Waals surface area contributed by atoms with E-state index in [1.165, 1.54) is 31.3 Å². The van der Waals surface area contributed by atoms with E-state index in [9.17, 15) is 19.1 Å². The molecule has 9 nitrogen and oxygen atoms in total. The molecule has 0 saturated carbocycles. The number of halogens is 1. The first-order valence-electron chi connectivity index (χ1n) is 13.6. The van der Waals surface area contributed by atoms with Crippen LogP contribution in [0.1, 0.15) is 43.4 Å². The second-order valence-electron chi connectivity index (χ2n) is 9.76. The molecule has 2 saturated heterocycles. The molecule has 40 heavy (non-hydrogen) atoms. The van der Waals surface area contributed by atoms with Crippen molar-refractivity contribution in [3.05, 3.63) is 58.9 Å². The number of ketones is 1. The Hall–Kier alpha value is -3.63. The van der Waals surface area contributed by atoms with E-state index in [1.54, 1.807) is 18.2 Å². The third-order valence-corrected chi connectivity index (χ3v) is 7.20. The number of ether oxygens (including phenoxy) is 4. The second-order valence-corrected chi connectivity index (χ2v) is 9.76. The number of aliphatic hydroxyl groups excluding tert-OH is 1. The number of carbonyl (C=O) groups excluding carboxylic acids is 2. The molecule has 2 fully saturated rings. The molecule has 4 rings (SSSR count). The first kappa shape index (κ1) is 29.4. The van der Waals surface area contributed by atoms with Crippen LogP contribution in [0.3, 0.4) is 0 Å². The Balaban J connectivity index is 1.72. The van der Waals surface area contributed by atoms with Crippen molar-refractivity contribution in [3.63, 3.8) is 0 Å².